The van der Waals surface area contributed by atoms with Crippen molar-refractivity contribution in [3.63, 3.8) is 0 Å². The van der Waals surface area contributed by atoms with E-state index in [0.717, 1.165) is 46.2 Å². The zero-order valence-electron chi connectivity index (χ0n) is 23.5. The molecule has 37 heavy (non-hydrogen) atoms. The molecule has 0 saturated heterocycles. The van der Waals surface area contributed by atoms with Crippen molar-refractivity contribution in [2.75, 3.05) is 74.5 Å². The summed E-state index contributed by atoms with van der Waals surface area (Å²) >= 11 is 0. The second-order valence-corrected chi connectivity index (χ2v) is 10.3. The molecular weight excluding hydrogens is 482 g/mol. The molecule has 0 saturated carbocycles. The average Bonchev–Trinajstić information content (AvgIpc) is 2.81. The van der Waals surface area contributed by atoms with E-state index in [1.165, 1.54) is 0 Å². The molecule has 1 rings (SSSR count). The minimum atomic E-state index is -1.05. The molecule has 0 aromatic carbocycles. The number of nitrogens with one attached hydrogen (secondary N) is 1. The van der Waals surface area contributed by atoms with E-state index in [1.807, 2.05) is 45.0 Å². The highest BCUT2D eigenvalue weighted by atomic mass is 16.3. The molecule has 0 aliphatic rings. The lowest BCUT2D eigenvalue weighted by molar-refractivity contribution is 0.100. The largest absolute Gasteiger partial charge is 0.391 e. The summed E-state index contributed by atoms with van der Waals surface area (Å²) in [5, 5.41) is 34.3. The molecule has 0 radical (unpaired) electrons. The first-order valence-corrected chi connectivity index (χ1v) is 13.0. The Kier molecular flexibility index (Phi) is 15.1. The fourth-order valence-corrected chi connectivity index (χ4v) is 3.93. The Labute approximate surface area is 219 Å². The van der Waals surface area contributed by atoms with Crippen LogP contribution in [0.2, 0.25) is 0 Å². The van der Waals surface area contributed by atoms with Crippen molar-refractivity contribution < 1.29 is 15.3 Å². The zero-order chi connectivity index (χ0) is 28.1. The van der Waals surface area contributed by atoms with Crippen LogP contribution in [-0.2, 0) is 19.6 Å². The van der Waals surface area contributed by atoms with Crippen LogP contribution in [0.15, 0.2) is 14.4 Å². The van der Waals surface area contributed by atoms with Crippen LogP contribution in [0, 0.1) is 0 Å². The lowest BCUT2D eigenvalue weighted by Gasteiger charge is -2.23. The van der Waals surface area contributed by atoms with Crippen molar-refractivity contribution in [1.29, 1.82) is 0 Å². The van der Waals surface area contributed by atoms with Crippen molar-refractivity contribution in [1.82, 2.24) is 33.7 Å². The van der Waals surface area contributed by atoms with Crippen molar-refractivity contribution >= 4 is 0 Å². The maximum atomic E-state index is 13.2. The highest BCUT2D eigenvalue weighted by Crippen LogP contribution is 1.96. The predicted molar refractivity (Wildman–Crippen MR) is 144 cm³/mol. The number of hydrogen-bond donors (Lipinski definition) is 4. The van der Waals surface area contributed by atoms with Gasteiger partial charge in [0.15, 0.2) is 0 Å². The average molecular weight is 532 g/mol. The third-order valence-corrected chi connectivity index (χ3v) is 6.04. The van der Waals surface area contributed by atoms with Crippen LogP contribution in [-0.4, -0.2) is 137 Å². The fourth-order valence-electron chi connectivity index (χ4n) is 3.93. The quantitative estimate of drug-likeness (QED) is 0.137. The van der Waals surface area contributed by atoms with Gasteiger partial charge in [-0.1, -0.05) is 6.92 Å². The molecule has 3 atom stereocenters. The van der Waals surface area contributed by atoms with Gasteiger partial charge in [-0.05, 0) is 80.7 Å². The Bertz CT molecular complexity index is 958. The maximum Gasteiger partial charge on any atom is 0.336 e. The van der Waals surface area contributed by atoms with Gasteiger partial charge in [0.1, 0.15) is 0 Å². The number of rotatable bonds is 19. The molecule has 0 aliphatic heterocycles. The number of aliphatic hydroxyl groups excluding tert-OH is 3. The second kappa shape index (κ2) is 16.9. The third kappa shape index (κ3) is 12.0. The lowest BCUT2D eigenvalue weighted by atomic mass is 10.3. The molecule has 13 heteroatoms. The maximum absolute atomic E-state index is 13.2. The van der Waals surface area contributed by atoms with Crippen LogP contribution in [0.5, 0.6) is 0 Å². The van der Waals surface area contributed by atoms with Crippen LogP contribution in [0.3, 0.4) is 0 Å². The minimum absolute atomic E-state index is 0.163. The summed E-state index contributed by atoms with van der Waals surface area (Å²) in [5.74, 6) is 0. The van der Waals surface area contributed by atoms with E-state index in [2.05, 4.69) is 10.2 Å². The lowest BCUT2D eigenvalue weighted by Crippen LogP contribution is -2.57. The Morgan fingerprint density at radius 3 is 1.65 bits per heavy atom. The first-order valence-electron chi connectivity index (χ1n) is 13.0. The van der Waals surface area contributed by atoms with Crippen molar-refractivity contribution in [3.8, 4) is 0 Å². The molecule has 0 bridgehead atoms. The van der Waals surface area contributed by atoms with Gasteiger partial charge in [-0.15, -0.1) is 0 Å². The fraction of sp³-hybridized carbons (Fsp3) is 0.875. The minimum Gasteiger partial charge on any atom is -0.391 e. The van der Waals surface area contributed by atoms with E-state index < -0.39 is 35.4 Å². The first kappa shape index (κ1) is 33.2. The molecule has 13 nitrogen and oxygen atoms in total. The van der Waals surface area contributed by atoms with Crippen LogP contribution in [0.4, 0.5) is 0 Å². The van der Waals surface area contributed by atoms with Gasteiger partial charge in [0, 0.05) is 13.1 Å². The molecule has 3 unspecified atom stereocenters. The summed E-state index contributed by atoms with van der Waals surface area (Å²) in [6.07, 6.45) is -0.968. The molecule has 0 amide bonds. The van der Waals surface area contributed by atoms with Gasteiger partial charge < -0.3 is 35.3 Å². The van der Waals surface area contributed by atoms with Gasteiger partial charge in [-0.2, -0.15) is 0 Å². The van der Waals surface area contributed by atoms with Crippen LogP contribution in [0.25, 0.3) is 0 Å². The number of likely N-dealkylation sites (N-methyl/N-ethyl adjacent to an activating group) is 1. The molecular formula is C24H49N7O6. The van der Waals surface area contributed by atoms with E-state index in [0.29, 0.717) is 13.0 Å². The summed E-state index contributed by atoms with van der Waals surface area (Å²) in [7, 11) is 9.75. The topological polar surface area (TPSA) is 148 Å². The highest BCUT2D eigenvalue weighted by Gasteiger charge is 2.21. The van der Waals surface area contributed by atoms with E-state index in [-0.39, 0.29) is 32.7 Å². The molecule has 0 aliphatic carbocycles. The van der Waals surface area contributed by atoms with E-state index in [4.69, 9.17) is 0 Å². The van der Waals surface area contributed by atoms with Crippen LogP contribution < -0.4 is 22.4 Å². The van der Waals surface area contributed by atoms with Gasteiger partial charge in [0.2, 0.25) is 0 Å². The number of nitrogens with zero attached hydrogens (tertiary/aromatic N) is 6. The van der Waals surface area contributed by atoms with Crippen LogP contribution in [0.1, 0.15) is 26.2 Å². The number of aliphatic hydroxyl groups is 3. The van der Waals surface area contributed by atoms with Crippen LogP contribution >= 0.6 is 0 Å². The van der Waals surface area contributed by atoms with Gasteiger partial charge in [-0.25, -0.2) is 28.1 Å². The molecule has 0 spiro atoms. The molecule has 1 heterocycles. The second-order valence-electron chi connectivity index (χ2n) is 10.3. The molecule has 4 N–H and O–H groups in total. The van der Waals surface area contributed by atoms with Crippen molar-refractivity contribution in [2.45, 2.75) is 64.1 Å². The summed E-state index contributed by atoms with van der Waals surface area (Å²) in [6, 6.07) is 0. The first-order chi connectivity index (χ1) is 17.4. The Morgan fingerprint density at radius 1 is 0.703 bits per heavy atom. The van der Waals surface area contributed by atoms with Gasteiger partial charge in [0.05, 0.1) is 37.9 Å². The summed E-state index contributed by atoms with van der Waals surface area (Å²) < 4.78 is 2.43. The molecule has 1 aromatic heterocycles. The normalized spacial score (nSPS) is 14.6. The smallest absolute Gasteiger partial charge is 0.336 e. The number of aromatic nitrogens is 3. The molecule has 0 fully saturated rings. The van der Waals surface area contributed by atoms with Gasteiger partial charge >= 0.3 is 17.1 Å². The Hall–Kier alpha value is -1.87. The van der Waals surface area contributed by atoms with Gasteiger partial charge in [-0.3, -0.25) is 0 Å². The van der Waals surface area contributed by atoms with Gasteiger partial charge in [0.25, 0.3) is 0 Å². The summed E-state index contributed by atoms with van der Waals surface area (Å²) in [6.45, 7) is 4.35. The Morgan fingerprint density at radius 2 is 1.16 bits per heavy atom. The summed E-state index contributed by atoms with van der Waals surface area (Å²) in [4.78, 5) is 45.3. The Balaban J connectivity index is 3.09. The molecule has 1 aromatic rings. The highest BCUT2D eigenvalue weighted by molar-refractivity contribution is 4.83. The van der Waals surface area contributed by atoms with Crippen molar-refractivity contribution in [3.05, 3.63) is 31.5 Å². The monoisotopic (exact) mass is 531 g/mol. The summed E-state index contributed by atoms with van der Waals surface area (Å²) in [5.41, 5.74) is -2.66. The number of hydrogen-bond acceptors (Lipinski definition) is 10. The predicted octanol–water partition coefficient (Wildman–Crippen LogP) is -2.91. The van der Waals surface area contributed by atoms with E-state index >= 15 is 0 Å². The zero-order valence-corrected chi connectivity index (χ0v) is 23.5. The standard InChI is InChI=1S/C24H49N7O6/c1-7-19(32)16-29-22(35)30(17-20(33)14-25-10-8-11-26(2)3)24(37)31(23(29)36)18-21(34)15-28(6)13-9-12-27(4)5/h19-21,25,32-34H,7-18H2,1-6H3. The van der Waals surface area contributed by atoms with E-state index in [1.54, 1.807) is 6.92 Å². The van der Waals surface area contributed by atoms with E-state index in [9.17, 15) is 29.7 Å². The third-order valence-electron chi connectivity index (χ3n) is 6.04. The molecule has 216 valence electrons. The SMILES string of the molecule is CCC(O)Cn1c(=O)n(CC(O)CNCCCN(C)C)c(=O)n(CC(O)CN(C)CCCN(C)C)c1=O. The van der Waals surface area contributed by atoms with Crippen molar-refractivity contribution in [2.24, 2.45) is 0 Å².